The largest absolute Gasteiger partial charge is 0.478 e. The molecule has 0 saturated heterocycles. The van der Waals surface area contributed by atoms with Gasteiger partial charge in [-0.05, 0) is 42.8 Å². The Morgan fingerprint density at radius 2 is 1.86 bits per heavy atom. The quantitative estimate of drug-likeness (QED) is 0.442. The summed E-state index contributed by atoms with van der Waals surface area (Å²) in [4.78, 5) is 33.3. The van der Waals surface area contributed by atoms with Crippen molar-refractivity contribution >= 4 is 29.1 Å². The lowest BCUT2D eigenvalue weighted by molar-refractivity contribution is -0.134. The van der Waals surface area contributed by atoms with Crippen LogP contribution in [0.25, 0.3) is 0 Å². The molecule has 1 aromatic carbocycles. The molecule has 0 amide bonds. The lowest BCUT2D eigenvalue weighted by atomic mass is 10.0. The Morgan fingerprint density at radius 1 is 1.14 bits per heavy atom. The topological polar surface area (TPSA) is 116 Å². The lowest BCUT2D eigenvalue weighted by Crippen LogP contribution is -2.16. The number of aromatic carboxylic acids is 1. The predicted molar refractivity (Wildman–Crippen MR) is 79.1 cm³/mol. The molecule has 22 heavy (non-hydrogen) atoms. The number of ketones is 1. The van der Waals surface area contributed by atoms with E-state index in [-0.39, 0.29) is 16.8 Å². The Hall–Kier alpha value is -3.22. The number of nitrogens with zero attached hydrogens (tertiary/aromatic N) is 1. The molecule has 0 unspecified atom stereocenters. The lowest BCUT2D eigenvalue weighted by Gasteiger charge is -2.07. The van der Waals surface area contributed by atoms with Crippen LogP contribution in [0, 0.1) is 6.92 Å². The first-order valence-corrected chi connectivity index (χ1v) is 6.23. The fourth-order valence-corrected chi connectivity index (χ4v) is 1.81. The Kier molecular flexibility index (Phi) is 4.17. The van der Waals surface area contributed by atoms with Crippen LogP contribution in [0.3, 0.4) is 0 Å². The van der Waals surface area contributed by atoms with Crippen LogP contribution in [0.5, 0.6) is 0 Å². The summed E-state index contributed by atoms with van der Waals surface area (Å²) >= 11 is 0. The van der Waals surface area contributed by atoms with Gasteiger partial charge in [-0.3, -0.25) is 10.2 Å². The van der Waals surface area contributed by atoms with E-state index in [1.54, 1.807) is 19.1 Å². The number of carboxylic acid groups (broad SMARTS) is 2. The van der Waals surface area contributed by atoms with Gasteiger partial charge in [-0.25, -0.2) is 9.59 Å². The fourth-order valence-electron chi connectivity index (χ4n) is 1.81. The van der Waals surface area contributed by atoms with Crippen molar-refractivity contribution in [2.24, 2.45) is 5.10 Å². The van der Waals surface area contributed by atoms with Gasteiger partial charge in [-0.2, -0.15) is 5.10 Å². The highest BCUT2D eigenvalue weighted by atomic mass is 16.4. The minimum Gasteiger partial charge on any atom is -0.478 e. The third-order valence-electron chi connectivity index (χ3n) is 2.98. The number of nitrogens with one attached hydrogen (secondary N) is 1. The number of rotatable bonds is 4. The average molecular weight is 300 g/mol. The number of aryl methyl sites for hydroxylation is 1. The molecule has 7 heteroatoms. The van der Waals surface area contributed by atoms with Gasteiger partial charge >= 0.3 is 11.9 Å². The van der Waals surface area contributed by atoms with Gasteiger partial charge in [0.25, 0.3) is 0 Å². The number of aliphatic carboxylic acids is 1. The molecule has 0 fully saturated rings. The predicted octanol–water partition coefficient (Wildman–Crippen LogP) is 1.61. The first-order chi connectivity index (χ1) is 10.4. The van der Waals surface area contributed by atoms with Crippen molar-refractivity contribution in [3.05, 3.63) is 53.1 Å². The highest BCUT2D eigenvalue weighted by Gasteiger charge is 2.18. The van der Waals surface area contributed by atoms with E-state index in [0.29, 0.717) is 11.3 Å². The molecule has 0 aromatic heterocycles. The van der Waals surface area contributed by atoms with Crippen molar-refractivity contribution in [3.63, 3.8) is 0 Å². The Labute approximate surface area is 125 Å². The first kappa shape index (κ1) is 15.2. The molecule has 7 nitrogen and oxygen atoms in total. The second kappa shape index (κ2) is 6.04. The Bertz CT molecular complexity index is 759. The molecule has 3 N–H and O–H groups in total. The van der Waals surface area contributed by atoms with E-state index < -0.39 is 17.7 Å². The van der Waals surface area contributed by atoms with Crippen molar-refractivity contribution in [1.29, 1.82) is 0 Å². The van der Waals surface area contributed by atoms with Crippen molar-refractivity contribution in [2.75, 3.05) is 5.43 Å². The SMILES string of the molecule is Cc1ccc(N/N=C2\C=CC(=O)C(C(=O)O)=C2)cc1C(=O)O. The molecule has 1 aliphatic carbocycles. The van der Waals surface area contributed by atoms with Gasteiger partial charge in [0.1, 0.15) is 5.57 Å². The first-order valence-electron chi connectivity index (χ1n) is 6.23. The van der Waals surface area contributed by atoms with Crippen molar-refractivity contribution in [1.82, 2.24) is 0 Å². The maximum atomic E-state index is 11.3. The van der Waals surface area contributed by atoms with E-state index in [1.807, 2.05) is 0 Å². The summed E-state index contributed by atoms with van der Waals surface area (Å²) in [7, 11) is 0. The zero-order valence-electron chi connectivity index (χ0n) is 11.5. The molecule has 0 spiro atoms. The molecule has 0 radical (unpaired) electrons. The van der Waals surface area contributed by atoms with E-state index >= 15 is 0 Å². The molecule has 0 aliphatic heterocycles. The number of hydrazone groups is 1. The number of hydrogen-bond acceptors (Lipinski definition) is 5. The fraction of sp³-hybridized carbons (Fsp3) is 0.0667. The number of carbonyl (C=O) groups is 3. The van der Waals surface area contributed by atoms with E-state index in [0.717, 1.165) is 12.2 Å². The van der Waals surface area contributed by atoms with Crippen LogP contribution in [0.1, 0.15) is 15.9 Å². The van der Waals surface area contributed by atoms with Gasteiger partial charge in [0.15, 0.2) is 5.78 Å². The number of anilines is 1. The van der Waals surface area contributed by atoms with Crippen LogP contribution in [0.4, 0.5) is 5.69 Å². The van der Waals surface area contributed by atoms with Crippen LogP contribution < -0.4 is 5.43 Å². The molecular formula is C15H12N2O5. The highest BCUT2D eigenvalue weighted by molar-refractivity contribution is 6.29. The second-order valence-corrected chi connectivity index (χ2v) is 4.54. The number of hydrogen-bond donors (Lipinski definition) is 3. The molecule has 1 aromatic rings. The molecule has 0 saturated carbocycles. The van der Waals surface area contributed by atoms with E-state index in [1.165, 1.54) is 12.1 Å². The van der Waals surface area contributed by atoms with Crippen molar-refractivity contribution in [3.8, 4) is 0 Å². The zero-order chi connectivity index (χ0) is 16.3. The maximum Gasteiger partial charge on any atom is 0.339 e. The number of allylic oxidation sites excluding steroid dienone is 3. The van der Waals surface area contributed by atoms with Crippen LogP contribution in [-0.2, 0) is 9.59 Å². The summed E-state index contributed by atoms with van der Waals surface area (Å²) in [5, 5.41) is 21.9. The minimum atomic E-state index is -1.33. The van der Waals surface area contributed by atoms with Gasteiger partial charge in [-0.15, -0.1) is 0 Å². The minimum absolute atomic E-state index is 0.140. The van der Waals surface area contributed by atoms with Crippen LogP contribution >= 0.6 is 0 Å². The Morgan fingerprint density at radius 3 is 2.50 bits per heavy atom. The van der Waals surface area contributed by atoms with E-state index in [9.17, 15) is 14.4 Å². The molecule has 0 atom stereocenters. The molecular weight excluding hydrogens is 288 g/mol. The van der Waals surface area contributed by atoms with Gasteiger partial charge in [0.05, 0.1) is 17.0 Å². The van der Waals surface area contributed by atoms with Gasteiger partial charge < -0.3 is 10.2 Å². The number of carboxylic acids is 2. The normalized spacial score (nSPS) is 15.6. The zero-order valence-corrected chi connectivity index (χ0v) is 11.5. The standard InChI is InChI=1S/C15H12N2O5/c1-8-2-3-9(6-11(8)14(19)20)16-17-10-4-5-13(18)12(7-10)15(21)22/h2-7,16H,1H3,(H,19,20)(H,21,22)/b17-10+. The number of carbonyl (C=O) groups excluding carboxylic acids is 1. The van der Waals surface area contributed by atoms with Gasteiger partial charge in [0, 0.05) is 0 Å². The maximum absolute atomic E-state index is 11.3. The molecule has 0 heterocycles. The van der Waals surface area contributed by atoms with E-state index in [4.69, 9.17) is 10.2 Å². The summed E-state index contributed by atoms with van der Waals surface area (Å²) in [5.74, 6) is -2.98. The summed E-state index contributed by atoms with van der Waals surface area (Å²) < 4.78 is 0. The number of benzene rings is 1. The third-order valence-corrected chi connectivity index (χ3v) is 2.98. The van der Waals surface area contributed by atoms with E-state index in [2.05, 4.69) is 10.5 Å². The van der Waals surface area contributed by atoms with Crippen LogP contribution in [0.2, 0.25) is 0 Å². The molecule has 0 bridgehead atoms. The monoisotopic (exact) mass is 300 g/mol. The summed E-state index contributed by atoms with van der Waals surface area (Å²) in [5.41, 5.74) is 3.69. The van der Waals surface area contributed by atoms with Crippen LogP contribution in [0.15, 0.2) is 47.1 Å². The van der Waals surface area contributed by atoms with Crippen molar-refractivity contribution in [2.45, 2.75) is 6.92 Å². The third kappa shape index (κ3) is 3.26. The second-order valence-electron chi connectivity index (χ2n) is 4.54. The molecule has 1 aliphatic rings. The molecule has 2 rings (SSSR count). The average Bonchev–Trinajstić information content (AvgIpc) is 2.47. The van der Waals surface area contributed by atoms with Crippen molar-refractivity contribution < 1.29 is 24.6 Å². The van der Waals surface area contributed by atoms with Gasteiger partial charge in [0.2, 0.25) is 0 Å². The molecule has 112 valence electrons. The van der Waals surface area contributed by atoms with Gasteiger partial charge in [-0.1, -0.05) is 6.07 Å². The Balaban J connectivity index is 2.24. The van der Waals surface area contributed by atoms with Crippen LogP contribution in [-0.4, -0.2) is 33.6 Å². The summed E-state index contributed by atoms with van der Waals surface area (Å²) in [6, 6.07) is 4.69. The highest BCUT2D eigenvalue weighted by Crippen LogP contribution is 2.16. The summed E-state index contributed by atoms with van der Waals surface area (Å²) in [6.45, 7) is 1.68. The smallest absolute Gasteiger partial charge is 0.339 e. The summed E-state index contributed by atoms with van der Waals surface area (Å²) in [6.07, 6.45) is 3.62.